The van der Waals surface area contributed by atoms with Gasteiger partial charge in [0.2, 0.25) is 5.91 Å². The molecule has 0 unspecified atom stereocenters. The molecule has 0 saturated carbocycles. The summed E-state index contributed by atoms with van der Waals surface area (Å²) < 4.78 is 5.53. The van der Waals surface area contributed by atoms with Gasteiger partial charge in [-0.2, -0.15) is 0 Å². The molecule has 1 fully saturated rings. The van der Waals surface area contributed by atoms with Crippen molar-refractivity contribution in [3.63, 3.8) is 0 Å². The zero-order valence-electron chi connectivity index (χ0n) is 17.9. The Hall–Kier alpha value is -3.09. The number of amides is 2. The van der Waals surface area contributed by atoms with E-state index in [1.54, 1.807) is 12.4 Å². The fourth-order valence-corrected chi connectivity index (χ4v) is 3.38. The summed E-state index contributed by atoms with van der Waals surface area (Å²) in [4.78, 5) is 33.0. The Kier molecular flexibility index (Phi) is 6.92. The molecule has 30 heavy (non-hydrogen) atoms. The Morgan fingerprint density at radius 2 is 1.73 bits per heavy atom. The van der Waals surface area contributed by atoms with Crippen molar-refractivity contribution in [2.24, 2.45) is 0 Å². The second-order valence-corrected chi connectivity index (χ2v) is 8.44. The number of rotatable bonds is 5. The van der Waals surface area contributed by atoms with E-state index in [0.717, 1.165) is 18.5 Å². The zero-order valence-corrected chi connectivity index (χ0v) is 17.9. The fraction of sp³-hybridized carbons (Fsp3) is 0.435. The topological polar surface area (TPSA) is 74.8 Å². The number of benzene rings is 1. The maximum atomic E-state index is 13.0. The fourth-order valence-electron chi connectivity index (χ4n) is 3.38. The molecule has 2 aromatic rings. The van der Waals surface area contributed by atoms with E-state index in [1.165, 1.54) is 4.90 Å². The summed E-state index contributed by atoms with van der Waals surface area (Å²) in [5.41, 5.74) is 1.05. The molecule has 0 atom stereocenters. The molecule has 1 aliphatic rings. The Balaban J connectivity index is 1.60. The van der Waals surface area contributed by atoms with Crippen LogP contribution in [0.2, 0.25) is 0 Å². The minimum atomic E-state index is -0.635. The number of hydrogen-bond acceptors (Lipinski definition) is 5. The lowest BCUT2D eigenvalue weighted by Crippen LogP contribution is -2.48. The van der Waals surface area contributed by atoms with E-state index in [4.69, 9.17) is 4.74 Å². The van der Waals surface area contributed by atoms with Crippen LogP contribution < -0.4 is 10.2 Å². The van der Waals surface area contributed by atoms with Crippen LogP contribution in [0.15, 0.2) is 54.9 Å². The number of pyridine rings is 1. The van der Waals surface area contributed by atoms with Crippen molar-refractivity contribution < 1.29 is 14.3 Å². The molecule has 7 heteroatoms. The van der Waals surface area contributed by atoms with E-state index in [2.05, 4.69) is 10.3 Å². The maximum Gasteiger partial charge on any atom is 0.415 e. The van der Waals surface area contributed by atoms with E-state index in [1.807, 2.05) is 68.1 Å². The largest absolute Gasteiger partial charge is 0.443 e. The first kappa shape index (κ1) is 21.6. The van der Waals surface area contributed by atoms with Crippen LogP contribution in [-0.2, 0) is 9.53 Å². The first-order valence-corrected chi connectivity index (χ1v) is 10.3. The van der Waals surface area contributed by atoms with Crippen LogP contribution in [0.25, 0.3) is 0 Å². The van der Waals surface area contributed by atoms with Gasteiger partial charge < -0.3 is 15.0 Å². The van der Waals surface area contributed by atoms with E-state index < -0.39 is 11.7 Å². The normalized spacial score (nSPS) is 14.8. The van der Waals surface area contributed by atoms with Crippen molar-refractivity contribution in [2.75, 3.05) is 29.9 Å². The first-order valence-electron chi connectivity index (χ1n) is 10.3. The van der Waals surface area contributed by atoms with Crippen molar-refractivity contribution in [3.8, 4) is 0 Å². The van der Waals surface area contributed by atoms with Crippen LogP contribution in [0.4, 0.5) is 16.2 Å². The smallest absolute Gasteiger partial charge is 0.415 e. The van der Waals surface area contributed by atoms with Crippen LogP contribution in [-0.4, -0.2) is 53.2 Å². The van der Waals surface area contributed by atoms with Gasteiger partial charge in [0, 0.05) is 42.9 Å². The van der Waals surface area contributed by atoms with Gasteiger partial charge in [-0.05, 0) is 57.9 Å². The van der Waals surface area contributed by atoms with Gasteiger partial charge >= 0.3 is 6.09 Å². The van der Waals surface area contributed by atoms with Crippen LogP contribution in [0.3, 0.4) is 0 Å². The number of carbonyl (C=O) groups excluding carboxylic acids is 2. The van der Waals surface area contributed by atoms with Crippen molar-refractivity contribution >= 4 is 23.4 Å². The van der Waals surface area contributed by atoms with Gasteiger partial charge in [-0.25, -0.2) is 4.79 Å². The summed E-state index contributed by atoms with van der Waals surface area (Å²) >= 11 is 0. The molecule has 1 N–H and O–H groups in total. The molecule has 1 aliphatic heterocycles. The van der Waals surface area contributed by atoms with E-state index in [9.17, 15) is 9.59 Å². The van der Waals surface area contributed by atoms with E-state index in [0.29, 0.717) is 24.8 Å². The number of nitrogens with one attached hydrogen (secondary N) is 1. The van der Waals surface area contributed by atoms with Gasteiger partial charge in [-0.3, -0.25) is 14.7 Å². The minimum absolute atomic E-state index is 0.0403. The lowest BCUT2D eigenvalue weighted by atomic mass is 10.0. The van der Waals surface area contributed by atoms with Crippen molar-refractivity contribution in [1.82, 2.24) is 9.88 Å². The van der Waals surface area contributed by atoms with Gasteiger partial charge in [-0.15, -0.1) is 0 Å². The monoisotopic (exact) mass is 410 g/mol. The standard InChI is InChI=1S/C23H30N4O3/c1-23(2,3)30-22(29)27(20-7-5-4-6-8-20)17-21(28)26-15-11-19(12-16-26)25-18-9-13-24-14-10-18/h4-10,13-14,19H,11-12,15-17H2,1-3H3,(H,24,25). The van der Waals surface area contributed by atoms with Crippen LogP contribution in [0.1, 0.15) is 33.6 Å². The average Bonchev–Trinajstić information content (AvgIpc) is 2.72. The van der Waals surface area contributed by atoms with Gasteiger partial charge in [-0.1, -0.05) is 18.2 Å². The summed E-state index contributed by atoms with van der Waals surface area (Å²) in [5, 5.41) is 3.49. The lowest BCUT2D eigenvalue weighted by Gasteiger charge is -2.34. The van der Waals surface area contributed by atoms with Gasteiger partial charge in [0.15, 0.2) is 0 Å². The number of aromatic nitrogens is 1. The number of nitrogens with zero attached hydrogens (tertiary/aromatic N) is 3. The SMILES string of the molecule is CC(C)(C)OC(=O)N(CC(=O)N1CCC(Nc2ccncc2)CC1)c1ccccc1. The number of carbonyl (C=O) groups is 2. The molecule has 1 aromatic carbocycles. The number of anilines is 2. The average molecular weight is 411 g/mol. The number of likely N-dealkylation sites (tertiary alicyclic amines) is 1. The Morgan fingerprint density at radius 3 is 2.33 bits per heavy atom. The maximum absolute atomic E-state index is 13.0. The van der Waals surface area contributed by atoms with E-state index in [-0.39, 0.29) is 12.5 Å². The number of ether oxygens (including phenoxy) is 1. The molecule has 2 heterocycles. The highest BCUT2D eigenvalue weighted by molar-refractivity contribution is 5.95. The molecule has 0 spiro atoms. The second kappa shape index (κ2) is 9.61. The Labute approximate surface area is 178 Å². The molecule has 0 bridgehead atoms. The lowest BCUT2D eigenvalue weighted by molar-refractivity contribution is -0.130. The van der Waals surface area contributed by atoms with Gasteiger partial charge in [0.25, 0.3) is 0 Å². The molecule has 7 nitrogen and oxygen atoms in total. The third kappa shape index (κ3) is 6.20. The molecule has 3 rings (SSSR count). The second-order valence-electron chi connectivity index (χ2n) is 8.44. The highest BCUT2D eigenvalue weighted by Crippen LogP contribution is 2.20. The van der Waals surface area contributed by atoms with Crippen LogP contribution >= 0.6 is 0 Å². The van der Waals surface area contributed by atoms with E-state index >= 15 is 0 Å². The molecule has 2 amide bonds. The van der Waals surface area contributed by atoms with Crippen molar-refractivity contribution in [3.05, 3.63) is 54.9 Å². The Bertz CT molecular complexity index is 829. The third-order valence-electron chi connectivity index (χ3n) is 4.87. The number of piperidine rings is 1. The summed E-state index contributed by atoms with van der Waals surface area (Å²) in [5.74, 6) is -0.0768. The molecule has 1 aromatic heterocycles. The van der Waals surface area contributed by atoms with Gasteiger partial charge in [0.1, 0.15) is 12.1 Å². The predicted molar refractivity (Wildman–Crippen MR) is 117 cm³/mol. The van der Waals surface area contributed by atoms with Crippen LogP contribution in [0, 0.1) is 0 Å². The first-order chi connectivity index (χ1) is 14.3. The van der Waals surface area contributed by atoms with Crippen molar-refractivity contribution in [1.29, 1.82) is 0 Å². The zero-order chi connectivity index (χ0) is 21.6. The van der Waals surface area contributed by atoms with Crippen LogP contribution in [0.5, 0.6) is 0 Å². The number of para-hydroxylation sites is 1. The summed E-state index contributed by atoms with van der Waals surface area (Å²) in [6.45, 7) is 6.71. The summed E-state index contributed by atoms with van der Waals surface area (Å²) in [7, 11) is 0. The highest BCUT2D eigenvalue weighted by Gasteiger charge is 2.29. The number of hydrogen-bond donors (Lipinski definition) is 1. The predicted octanol–water partition coefficient (Wildman–Crippen LogP) is 3.93. The van der Waals surface area contributed by atoms with Crippen molar-refractivity contribution in [2.45, 2.75) is 45.3 Å². The molecule has 160 valence electrons. The Morgan fingerprint density at radius 1 is 1.10 bits per heavy atom. The van der Waals surface area contributed by atoms with Gasteiger partial charge in [0.05, 0.1) is 0 Å². The summed E-state index contributed by atoms with van der Waals surface area (Å²) in [6, 6.07) is 13.4. The minimum Gasteiger partial charge on any atom is -0.443 e. The molecular weight excluding hydrogens is 380 g/mol. The summed E-state index contributed by atoms with van der Waals surface area (Å²) in [6.07, 6.45) is 4.71. The third-order valence-corrected chi connectivity index (χ3v) is 4.87. The molecular formula is C23H30N4O3. The molecule has 0 radical (unpaired) electrons. The molecule has 1 saturated heterocycles. The quantitative estimate of drug-likeness (QED) is 0.808. The molecule has 0 aliphatic carbocycles. The highest BCUT2D eigenvalue weighted by atomic mass is 16.6.